The predicted octanol–water partition coefficient (Wildman–Crippen LogP) is 6.05. The number of thioether (sulfide) groups is 1. The molecule has 0 aliphatic rings. The van der Waals surface area contributed by atoms with Crippen LogP contribution in [0.15, 0.2) is 45.8 Å². The van der Waals surface area contributed by atoms with Crippen LogP contribution in [-0.4, -0.2) is 23.2 Å². The number of ether oxygens (including phenoxy) is 1. The lowest BCUT2D eigenvalue weighted by atomic mass is 10.1. The number of hydrogen-bond acceptors (Lipinski definition) is 4. The molecule has 1 unspecified atom stereocenters. The van der Waals surface area contributed by atoms with Gasteiger partial charge in [-0.15, -0.1) is 11.8 Å². The van der Waals surface area contributed by atoms with Gasteiger partial charge >= 0.3 is 5.97 Å². The maximum atomic E-state index is 14.4. The Labute approximate surface area is 181 Å². The monoisotopic (exact) mass is 485 g/mol. The van der Waals surface area contributed by atoms with Gasteiger partial charge in [0.25, 0.3) is 5.91 Å². The molecule has 8 heteroatoms. The molecule has 156 valence electrons. The van der Waals surface area contributed by atoms with E-state index in [4.69, 9.17) is 4.74 Å². The molecule has 1 N–H and O–H groups in total. The van der Waals surface area contributed by atoms with E-state index in [0.717, 1.165) is 6.07 Å². The summed E-state index contributed by atoms with van der Waals surface area (Å²) in [5.74, 6) is -2.25. The van der Waals surface area contributed by atoms with Crippen LogP contribution >= 0.6 is 27.7 Å². The highest BCUT2D eigenvalue weighted by atomic mass is 79.9. The first-order chi connectivity index (χ1) is 13.6. The highest BCUT2D eigenvalue weighted by Crippen LogP contribution is 2.37. The largest absolute Gasteiger partial charge is 0.462 e. The van der Waals surface area contributed by atoms with Gasteiger partial charge in [-0.3, -0.25) is 9.59 Å². The van der Waals surface area contributed by atoms with Crippen LogP contribution in [0.2, 0.25) is 0 Å². The maximum absolute atomic E-state index is 14.4. The van der Waals surface area contributed by atoms with Crippen molar-refractivity contribution < 1.29 is 23.1 Å². The molecule has 0 spiro atoms. The van der Waals surface area contributed by atoms with Crippen molar-refractivity contribution in [1.29, 1.82) is 0 Å². The summed E-state index contributed by atoms with van der Waals surface area (Å²) in [6, 6.07) is 7.78. The van der Waals surface area contributed by atoms with E-state index in [1.165, 1.54) is 42.1 Å². The summed E-state index contributed by atoms with van der Waals surface area (Å²) >= 11 is 4.53. The standard InChI is InChI=1S/C21H22BrF2NO3S/c1-11(2)19(21(27)28-12(3)4)29-18-10-17(16(24)9-15(18)22)25-20(26)13-6-5-7-14(23)8-13/h5-12,19H,1-4H3,(H,25,26). The zero-order valence-corrected chi connectivity index (χ0v) is 18.9. The van der Waals surface area contributed by atoms with Crippen molar-refractivity contribution in [3.8, 4) is 0 Å². The second-order valence-electron chi connectivity index (χ2n) is 7.00. The van der Waals surface area contributed by atoms with Gasteiger partial charge in [0, 0.05) is 14.9 Å². The molecule has 0 saturated carbocycles. The van der Waals surface area contributed by atoms with Crippen LogP contribution < -0.4 is 5.32 Å². The van der Waals surface area contributed by atoms with E-state index in [1.807, 2.05) is 13.8 Å². The molecule has 0 aliphatic carbocycles. The number of benzene rings is 2. The third kappa shape index (κ3) is 6.54. The zero-order chi connectivity index (χ0) is 21.7. The molecule has 2 aromatic carbocycles. The van der Waals surface area contributed by atoms with Crippen LogP contribution in [0.25, 0.3) is 0 Å². The predicted molar refractivity (Wildman–Crippen MR) is 114 cm³/mol. The van der Waals surface area contributed by atoms with E-state index in [2.05, 4.69) is 21.2 Å². The number of carbonyl (C=O) groups excluding carboxylic acids is 2. The summed E-state index contributed by atoms with van der Waals surface area (Å²) in [5, 5.41) is 1.95. The summed E-state index contributed by atoms with van der Waals surface area (Å²) in [7, 11) is 0. The van der Waals surface area contributed by atoms with Crippen molar-refractivity contribution in [3.05, 3.63) is 58.1 Å². The average molecular weight is 486 g/mol. The molecular formula is C21H22BrF2NO3S. The van der Waals surface area contributed by atoms with Crippen molar-refractivity contribution in [2.24, 2.45) is 5.92 Å². The van der Waals surface area contributed by atoms with Crippen molar-refractivity contribution in [3.63, 3.8) is 0 Å². The van der Waals surface area contributed by atoms with E-state index < -0.39 is 22.8 Å². The Balaban J connectivity index is 2.28. The molecule has 0 heterocycles. The van der Waals surface area contributed by atoms with Gasteiger partial charge in [0.15, 0.2) is 0 Å². The highest BCUT2D eigenvalue weighted by molar-refractivity contribution is 9.10. The Bertz CT molecular complexity index is 905. The second kappa shape index (κ2) is 10.2. The van der Waals surface area contributed by atoms with E-state index in [-0.39, 0.29) is 29.2 Å². The van der Waals surface area contributed by atoms with Crippen molar-refractivity contribution >= 4 is 45.3 Å². The van der Waals surface area contributed by atoms with E-state index in [9.17, 15) is 18.4 Å². The molecular weight excluding hydrogens is 464 g/mol. The number of esters is 1. The zero-order valence-electron chi connectivity index (χ0n) is 16.5. The van der Waals surface area contributed by atoms with Gasteiger partial charge in [0.1, 0.15) is 16.9 Å². The molecule has 2 aromatic rings. The first-order valence-corrected chi connectivity index (χ1v) is 10.7. The fourth-order valence-corrected chi connectivity index (χ4v) is 4.08. The molecule has 0 saturated heterocycles. The lowest BCUT2D eigenvalue weighted by Gasteiger charge is -2.21. The van der Waals surface area contributed by atoms with Crippen molar-refractivity contribution in [2.45, 2.75) is 43.9 Å². The number of carbonyl (C=O) groups is 2. The summed E-state index contributed by atoms with van der Waals surface area (Å²) in [4.78, 5) is 25.3. The maximum Gasteiger partial charge on any atom is 0.319 e. The number of rotatable bonds is 7. The minimum Gasteiger partial charge on any atom is -0.462 e. The number of amides is 1. The van der Waals surface area contributed by atoms with Gasteiger partial charge in [-0.25, -0.2) is 8.78 Å². The molecule has 0 aliphatic heterocycles. The summed E-state index contributed by atoms with van der Waals surface area (Å²) in [6.07, 6.45) is -0.248. The fraction of sp³-hybridized carbons (Fsp3) is 0.333. The number of hydrogen-bond donors (Lipinski definition) is 1. The molecule has 0 radical (unpaired) electrons. The molecule has 0 bridgehead atoms. The first-order valence-electron chi connectivity index (χ1n) is 9.01. The highest BCUT2D eigenvalue weighted by Gasteiger charge is 2.27. The topological polar surface area (TPSA) is 55.4 Å². The molecule has 0 aromatic heterocycles. The number of halogens is 3. The van der Waals surface area contributed by atoms with Crippen molar-refractivity contribution in [2.75, 3.05) is 5.32 Å². The Morgan fingerprint density at radius 1 is 1.10 bits per heavy atom. The van der Waals surface area contributed by atoms with Crippen LogP contribution in [0.4, 0.5) is 14.5 Å². The average Bonchev–Trinajstić information content (AvgIpc) is 2.61. The minimum absolute atomic E-state index is 0.0338. The van der Waals surface area contributed by atoms with Gasteiger partial charge in [0.2, 0.25) is 0 Å². The molecule has 29 heavy (non-hydrogen) atoms. The number of anilines is 1. The molecule has 1 atom stereocenters. The van der Waals surface area contributed by atoms with E-state index in [0.29, 0.717) is 9.37 Å². The SMILES string of the molecule is CC(C)OC(=O)C(Sc1cc(NC(=O)c2cccc(F)c2)c(F)cc1Br)C(C)C. The fourth-order valence-electron chi connectivity index (χ4n) is 2.43. The Hall–Kier alpha value is -1.93. The van der Waals surface area contributed by atoms with Gasteiger partial charge in [-0.1, -0.05) is 19.9 Å². The lowest BCUT2D eigenvalue weighted by Crippen LogP contribution is -2.27. The van der Waals surface area contributed by atoms with Gasteiger partial charge < -0.3 is 10.1 Å². The van der Waals surface area contributed by atoms with Gasteiger partial charge in [0.05, 0.1) is 11.8 Å². The van der Waals surface area contributed by atoms with E-state index in [1.54, 1.807) is 13.8 Å². The van der Waals surface area contributed by atoms with E-state index >= 15 is 0 Å². The Kier molecular flexibility index (Phi) is 8.22. The van der Waals surface area contributed by atoms with Crippen molar-refractivity contribution in [1.82, 2.24) is 0 Å². The van der Waals surface area contributed by atoms with Crippen LogP contribution in [0, 0.1) is 17.6 Å². The Morgan fingerprint density at radius 3 is 2.38 bits per heavy atom. The first kappa shape index (κ1) is 23.3. The van der Waals surface area contributed by atoms with Gasteiger partial charge in [-0.05, 0) is 66.0 Å². The quantitative estimate of drug-likeness (QED) is 0.383. The Morgan fingerprint density at radius 2 is 1.79 bits per heavy atom. The van der Waals surface area contributed by atoms with Gasteiger partial charge in [-0.2, -0.15) is 0 Å². The molecule has 1 amide bonds. The lowest BCUT2D eigenvalue weighted by molar-refractivity contribution is -0.147. The molecule has 4 nitrogen and oxygen atoms in total. The number of nitrogens with one attached hydrogen (secondary N) is 1. The van der Waals surface area contributed by atoms with Crippen LogP contribution in [-0.2, 0) is 9.53 Å². The van der Waals surface area contributed by atoms with Crippen LogP contribution in [0.1, 0.15) is 38.1 Å². The van der Waals surface area contributed by atoms with Crippen LogP contribution in [0.3, 0.4) is 0 Å². The summed E-state index contributed by atoms with van der Waals surface area (Å²) in [5.41, 5.74) is 0.00628. The van der Waals surface area contributed by atoms with Crippen LogP contribution in [0.5, 0.6) is 0 Å². The summed E-state index contributed by atoms with van der Waals surface area (Å²) < 4.78 is 33.5. The smallest absolute Gasteiger partial charge is 0.319 e. The second-order valence-corrected chi connectivity index (χ2v) is 9.03. The minimum atomic E-state index is -0.656. The third-order valence-corrected chi connectivity index (χ3v) is 6.30. The third-order valence-electron chi connectivity index (χ3n) is 3.80. The molecule has 0 fully saturated rings. The summed E-state index contributed by atoms with van der Waals surface area (Å²) in [6.45, 7) is 7.33. The normalized spacial score (nSPS) is 12.2. The molecule has 2 rings (SSSR count).